The van der Waals surface area contributed by atoms with Gasteiger partial charge < -0.3 is 9.74 Å². The van der Waals surface area contributed by atoms with E-state index in [1.807, 2.05) is 6.92 Å². The number of amidine groups is 1. The fourth-order valence-electron chi connectivity index (χ4n) is 2.30. The Bertz CT molecular complexity index is 644. The number of fused-ring (bicyclic) bond motifs is 2. The number of benzene rings is 1. The monoisotopic (exact) mass is 282 g/mol. The SMILES string of the molecule is CCN1C2=NOC(=O)C2C(=O)c2cc(F)c(Cl)cc21. The number of halogens is 2. The first kappa shape index (κ1) is 12.1. The maximum atomic E-state index is 13.5. The Morgan fingerprint density at radius 1 is 1.47 bits per heavy atom. The van der Waals surface area contributed by atoms with Crippen molar-refractivity contribution < 1.29 is 18.8 Å². The van der Waals surface area contributed by atoms with Gasteiger partial charge in [-0.15, -0.1) is 0 Å². The smallest absolute Gasteiger partial charge is 0.326 e. The lowest BCUT2D eigenvalue weighted by Crippen LogP contribution is -2.45. The van der Waals surface area contributed by atoms with Gasteiger partial charge in [-0.3, -0.25) is 4.79 Å². The molecule has 1 aromatic carbocycles. The van der Waals surface area contributed by atoms with Crippen molar-refractivity contribution in [3.05, 3.63) is 28.5 Å². The van der Waals surface area contributed by atoms with Crippen molar-refractivity contribution in [3.8, 4) is 0 Å². The molecule has 1 unspecified atom stereocenters. The van der Waals surface area contributed by atoms with Crippen LogP contribution in [0.15, 0.2) is 17.3 Å². The molecule has 1 aromatic rings. The molecule has 0 amide bonds. The second kappa shape index (κ2) is 4.03. The number of hydrogen-bond acceptors (Lipinski definition) is 5. The molecule has 2 aliphatic heterocycles. The fraction of sp³-hybridized carbons (Fsp3) is 0.250. The number of ketones is 1. The van der Waals surface area contributed by atoms with Gasteiger partial charge in [-0.05, 0) is 19.1 Å². The zero-order chi connectivity index (χ0) is 13.7. The zero-order valence-corrected chi connectivity index (χ0v) is 10.6. The van der Waals surface area contributed by atoms with E-state index in [0.29, 0.717) is 12.2 Å². The van der Waals surface area contributed by atoms with E-state index in [-0.39, 0.29) is 16.4 Å². The van der Waals surface area contributed by atoms with Crippen LogP contribution in [0.25, 0.3) is 0 Å². The molecule has 0 N–H and O–H groups in total. The van der Waals surface area contributed by atoms with Gasteiger partial charge in [-0.2, -0.15) is 0 Å². The average Bonchev–Trinajstić information content (AvgIpc) is 2.75. The van der Waals surface area contributed by atoms with Crippen LogP contribution < -0.4 is 4.90 Å². The van der Waals surface area contributed by atoms with E-state index in [4.69, 9.17) is 11.6 Å². The third-order valence-electron chi connectivity index (χ3n) is 3.17. The Morgan fingerprint density at radius 3 is 2.89 bits per heavy atom. The second-order valence-corrected chi connectivity index (χ2v) is 4.59. The van der Waals surface area contributed by atoms with Crippen molar-refractivity contribution in [2.45, 2.75) is 6.92 Å². The molecule has 0 bridgehead atoms. The lowest BCUT2D eigenvalue weighted by molar-refractivity contribution is -0.142. The number of carbonyl (C=O) groups excluding carboxylic acids is 2. The van der Waals surface area contributed by atoms with E-state index in [0.717, 1.165) is 6.07 Å². The molecule has 0 aromatic heterocycles. The topological polar surface area (TPSA) is 59.0 Å². The Hall–Kier alpha value is -1.95. The van der Waals surface area contributed by atoms with Crippen molar-refractivity contribution in [1.29, 1.82) is 0 Å². The molecule has 1 atom stereocenters. The van der Waals surface area contributed by atoms with Crippen LogP contribution in [0, 0.1) is 11.7 Å². The van der Waals surface area contributed by atoms with E-state index < -0.39 is 23.5 Å². The van der Waals surface area contributed by atoms with Gasteiger partial charge in [0, 0.05) is 12.1 Å². The van der Waals surface area contributed by atoms with Crippen LogP contribution in [-0.2, 0) is 9.63 Å². The van der Waals surface area contributed by atoms with E-state index >= 15 is 0 Å². The molecule has 3 rings (SSSR count). The van der Waals surface area contributed by atoms with E-state index in [1.54, 1.807) is 4.90 Å². The van der Waals surface area contributed by atoms with Crippen molar-refractivity contribution >= 4 is 34.9 Å². The van der Waals surface area contributed by atoms with Gasteiger partial charge >= 0.3 is 5.97 Å². The first-order valence-corrected chi connectivity index (χ1v) is 6.02. The van der Waals surface area contributed by atoms with Crippen LogP contribution in [-0.4, -0.2) is 24.1 Å². The highest BCUT2D eigenvalue weighted by molar-refractivity contribution is 6.35. The molecule has 98 valence electrons. The molecule has 7 heteroatoms. The van der Waals surface area contributed by atoms with E-state index in [9.17, 15) is 14.0 Å². The minimum Gasteiger partial charge on any atom is -0.326 e. The van der Waals surface area contributed by atoms with Crippen LogP contribution in [0.2, 0.25) is 5.02 Å². The van der Waals surface area contributed by atoms with Crippen molar-refractivity contribution in [2.24, 2.45) is 11.1 Å². The number of Topliss-reactive ketones (excluding diaryl/α,β-unsaturated/α-hetero) is 1. The summed E-state index contributed by atoms with van der Waals surface area (Å²) in [7, 11) is 0. The summed E-state index contributed by atoms with van der Waals surface area (Å²) >= 11 is 5.74. The summed E-state index contributed by atoms with van der Waals surface area (Å²) in [5, 5.41) is 3.54. The maximum Gasteiger partial charge on any atom is 0.353 e. The molecule has 0 saturated heterocycles. The van der Waals surface area contributed by atoms with Gasteiger partial charge in [0.15, 0.2) is 17.5 Å². The molecule has 0 radical (unpaired) electrons. The van der Waals surface area contributed by atoms with Crippen molar-refractivity contribution in [1.82, 2.24) is 0 Å². The number of carbonyl (C=O) groups is 2. The zero-order valence-electron chi connectivity index (χ0n) is 9.81. The van der Waals surface area contributed by atoms with Crippen LogP contribution in [0.3, 0.4) is 0 Å². The molecule has 0 aliphatic carbocycles. The highest BCUT2D eigenvalue weighted by Crippen LogP contribution is 2.36. The van der Waals surface area contributed by atoms with E-state index in [1.165, 1.54) is 6.07 Å². The normalized spacial score (nSPS) is 20.9. The number of anilines is 1. The van der Waals surface area contributed by atoms with Crippen LogP contribution in [0.1, 0.15) is 17.3 Å². The molecule has 0 spiro atoms. The standard InChI is InChI=1S/C12H8ClFN2O3/c1-2-16-8-4-6(13)7(14)3-5(8)10(17)9-11(16)15-19-12(9)18/h3-4,9H,2H2,1H3. The third-order valence-corrected chi connectivity index (χ3v) is 3.46. The Balaban J connectivity index is 2.25. The maximum absolute atomic E-state index is 13.5. The Morgan fingerprint density at radius 2 is 2.21 bits per heavy atom. The largest absolute Gasteiger partial charge is 0.353 e. The minimum absolute atomic E-state index is 0.0886. The summed E-state index contributed by atoms with van der Waals surface area (Å²) in [5.74, 6) is -2.83. The predicted molar refractivity (Wildman–Crippen MR) is 65.8 cm³/mol. The minimum atomic E-state index is -1.10. The van der Waals surface area contributed by atoms with Gasteiger partial charge in [-0.1, -0.05) is 16.8 Å². The second-order valence-electron chi connectivity index (χ2n) is 4.18. The number of rotatable bonds is 1. The molecule has 0 saturated carbocycles. The molecule has 19 heavy (non-hydrogen) atoms. The first-order chi connectivity index (χ1) is 9.04. The molecule has 5 nitrogen and oxygen atoms in total. The highest BCUT2D eigenvalue weighted by Gasteiger charge is 2.47. The van der Waals surface area contributed by atoms with Crippen LogP contribution in [0.5, 0.6) is 0 Å². The summed E-state index contributed by atoms with van der Waals surface area (Å²) in [6, 6.07) is 2.40. The van der Waals surface area contributed by atoms with Gasteiger partial charge in [0.2, 0.25) is 0 Å². The molecular weight excluding hydrogens is 275 g/mol. The van der Waals surface area contributed by atoms with Gasteiger partial charge in [0.1, 0.15) is 5.82 Å². The van der Waals surface area contributed by atoms with Crippen molar-refractivity contribution in [3.63, 3.8) is 0 Å². The summed E-state index contributed by atoms with van der Waals surface area (Å²) in [6.07, 6.45) is 0. The third kappa shape index (κ3) is 1.56. The average molecular weight is 283 g/mol. The number of nitrogens with zero attached hydrogens (tertiary/aromatic N) is 2. The van der Waals surface area contributed by atoms with Crippen LogP contribution >= 0.6 is 11.6 Å². The van der Waals surface area contributed by atoms with Crippen molar-refractivity contribution in [2.75, 3.05) is 11.4 Å². The fourth-order valence-corrected chi connectivity index (χ4v) is 2.46. The van der Waals surface area contributed by atoms with Gasteiger partial charge in [-0.25, -0.2) is 9.18 Å². The molecule has 0 fully saturated rings. The quantitative estimate of drug-likeness (QED) is 0.584. The Kier molecular flexibility index (Phi) is 2.56. The Labute approximate surface area is 112 Å². The molecule has 2 heterocycles. The van der Waals surface area contributed by atoms with E-state index in [2.05, 4.69) is 9.99 Å². The van der Waals surface area contributed by atoms with Crippen LogP contribution in [0.4, 0.5) is 10.1 Å². The van der Waals surface area contributed by atoms with Gasteiger partial charge in [0.05, 0.1) is 10.7 Å². The van der Waals surface area contributed by atoms with Gasteiger partial charge in [0.25, 0.3) is 0 Å². The highest BCUT2D eigenvalue weighted by atomic mass is 35.5. The molecular formula is C12H8ClFN2O3. The lowest BCUT2D eigenvalue weighted by atomic mass is 9.90. The summed E-state index contributed by atoms with van der Waals surface area (Å²) in [5.41, 5.74) is 0.554. The number of oxime groups is 1. The summed E-state index contributed by atoms with van der Waals surface area (Å²) < 4.78 is 13.5. The first-order valence-electron chi connectivity index (χ1n) is 5.64. The lowest BCUT2D eigenvalue weighted by Gasteiger charge is -2.30. The summed E-state index contributed by atoms with van der Waals surface area (Å²) in [4.78, 5) is 29.9. The predicted octanol–water partition coefficient (Wildman–Crippen LogP) is 1.99. The molecule has 2 aliphatic rings. The summed E-state index contributed by atoms with van der Waals surface area (Å²) in [6.45, 7) is 2.27. The number of hydrogen-bond donors (Lipinski definition) is 0.